The van der Waals surface area contributed by atoms with Crippen LogP contribution >= 0.6 is 0 Å². The molecule has 1 saturated carbocycles. The Hall–Kier alpha value is -2.67. The maximum Gasteiger partial charge on any atom is 0.252 e. The summed E-state index contributed by atoms with van der Waals surface area (Å²) in [5.74, 6) is -1.13. The Morgan fingerprint density at radius 1 is 1.29 bits per heavy atom. The highest BCUT2D eigenvalue weighted by molar-refractivity contribution is 5.98. The SMILES string of the molecule is Cc1ccc(Nc2nc(NCC3(N)CC3)c(F)cc2C(N)=O)cc1. The molecule has 0 radical (unpaired) electrons. The van der Waals surface area contributed by atoms with Crippen molar-refractivity contribution in [1.82, 2.24) is 4.98 Å². The third kappa shape index (κ3) is 3.62. The van der Waals surface area contributed by atoms with Crippen LogP contribution in [0.15, 0.2) is 30.3 Å². The first-order valence-electron chi connectivity index (χ1n) is 7.73. The van der Waals surface area contributed by atoms with Crippen molar-refractivity contribution in [3.05, 3.63) is 47.3 Å². The second kappa shape index (κ2) is 6.09. The van der Waals surface area contributed by atoms with Crippen molar-refractivity contribution < 1.29 is 9.18 Å². The summed E-state index contributed by atoms with van der Waals surface area (Å²) in [6, 6.07) is 8.61. The third-order valence-corrected chi connectivity index (χ3v) is 4.06. The molecule has 6 nitrogen and oxygen atoms in total. The summed E-state index contributed by atoms with van der Waals surface area (Å²) in [5.41, 5.74) is 12.9. The van der Waals surface area contributed by atoms with E-state index >= 15 is 0 Å². The molecule has 0 unspecified atom stereocenters. The number of nitrogens with zero attached hydrogens (tertiary/aromatic N) is 1. The first-order chi connectivity index (χ1) is 11.4. The van der Waals surface area contributed by atoms with Gasteiger partial charge in [-0.25, -0.2) is 9.37 Å². The van der Waals surface area contributed by atoms with Crippen molar-refractivity contribution in [3.63, 3.8) is 0 Å². The molecule has 0 aliphatic heterocycles. The van der Waals surface area contributed by atoms with Crippen molar-refractivity contribution >= 4 is 23.2 Å². The molecule has 1 aromatic heterocycles. The lowest BCUT2D eigenvalue weighted by atomic mass is 10.2. The molecule has 0 bridgehead atoms. The van der Waals surface area contributed by atoms with E-state index < -0.39 is 11.7 Å². The average Bonchev–Trinajstić information content (AvgIpc) is 3.27. The highest BCUT2D eigenvalue weighted by atomic mass is 19.1. The number of primary amides is 1. The molecule has 1 heterocycles. The zero-order valence-electron chi connectivity index (χ0n) is 13.4. The van der Waals surface area contributed by atoms with Gasteiger partial charge < -0.3 is 22.1 Å². The molecule has 1 aromatic carbocycles. The van der Waals surface area contributed by atoms with Gasteiger partial charge in [0.05, 0.1) is 5.56 Å². The van der Waals surface area contributed by atoms with E-state index in [9.17, 15) is 9.18 Å². The Kier molecular flexibility index (Phi) is 4.11. The van der Waals surface area contributed by atoms with Gasteiger partial charge in [-0.3, -0.25) is 4.79 Å². The highest BCUT2D eigenvalue weighted by Gasteiger charge is 2.38. The van der Waals surface area contributed by atoms with Gasteiger partial charge >= 0.3 is 0 Å². The van der Waals surface area contributed by atoms with E-state index in [0.29, 0.717) is 6.54 Å². The number of hydrogen-bond acceptors (Lipinski definition) is 5. The molecule has 0 atom stereocenters. The van der Waals surface area contributed by atoms with Crippen LogP contribution in [0.1, 0.15) is 28.8 Å². The van der Waals surface area contributed by atoms with Crippen LogP contribution in [0.2, 0.25) is 0 Å². The summed E-state index contributed by atoms with van der Waals surface area (Å²) < 4.78 is 14.2. The third-order valence-electron chi connectivity index (χ3n) is 4.06. The molecular formula is C17H20FN5O. The minimum absolute atomic E-state index is 0.00694. The normalized spacial score (nSPS) is 15.0. The van der Waals surface area contributed by atoms with Crippen molar-refractivity contribution in [2.45, 2.75) is 25.3 Å². The standard InChI is InChI=1S/C17H20FN5O/c1-10-2-4-11(5-3-10)22-15-12(14(19)24)8-13(18)16(23-15)21-9-17(20)6-7-17/h2-5,8H,6-7,9,20H2,1H3,(H2,19,24)(H2,21,22,23). The van der Waals surface area contributed by atoms with E-state index in [1.807, 2.05) is 31.2 Å². The smallest absolute Gasteiger partial charge is 0.252 e. The van der Waals surface area contributed by atoms with E-state index in [4.69, 9.17) is 11.5 Å². The molecular weight excluding hydrogens is 309 g/mol. The topological polar surface area (TPSA) is 106 Å². The predicted octanol–water partition coefficient (Wildman–Crippen LogP) is 2.27. The molecule has 126 valence electrons. The zero-order chi connectivity index (χ0) is 17.3. The van der Waals surface area contributed by atoms with Gasteiger partial charge in [0, 0.05) is 17.8 Å². The van der Waals surface area contributed by atoms with Crippen molar-refractivity contribution in [2.75, 3.05) is 17.2 Å². The number of halogens is 1. The average molecular weight is 329 g/mol. The van der Waals surface area contributed by atoms with Gasteiger partial charge in [-0.15, -0.1) is 0 Å². The Balaban J connectivity index is 1.88. The van der Waals surface area contributed by atoms with E-state index in [1.165, 1.54) is 0 Å². The molecule has 1 amide bonds. The van der Waals surface area contributed by atoms with E-state index in [2.05, 4.69) is 15.6 Å². The van der Waals surface area contributed by atoms with Gasteiger partial charge in [-0.2, -0.15) is 0 Å². The van der Waals surface area contributed by atoms with Crippen LogP contribution in [-0.4, -0.2) is 23.0 Å². The molecule has 2 aromatic rings. The molecule has 1 aliphatic rings. The van der Waals surface area contributed by atoms with E-state index in [1.54, 1.807) is 0 Å². The second-order valence-corrected chi connectivity index (χ2v) is 6.29. The molecule has 3 rings (SSSR count). The first kappa shape index (κ1) is 16.2. The number of benzene rings is 1. The van der Waals surface area contributed by atoms with Crippen molar-refractivity contribution in [2.24, 2.45) is 11.5 Å². The number of carbonyl (C=O) groups is 1. The van der Waals surface area contributed by atoms with Gasteiger partial charge in [-0.05, 0) is 38.0 Å². The van der Waals surface area contributed by atoms with Crippen LogP contribution in [0, 0.1) is 12.7 Å². The van der Waals surface area contributed by atoms with Crippen LogP contribution in [0.4, 0.5) is 21.7 Å². The summed E-state index contributed by atoms with van der Waals surface area (Å²) in [4.78, 5) is 15.8. The number of hydrogen-bond donors (Lipinski definition) is 4. The van der Waals surface area contributed by atoms with Crippen LogP contribution in [0.25, 0.3) is 0 Å². The van der Waals surface area contributed by atoms with Gasteiger partial charge in [0.1, 0.15) is 5.82 Å². The fourth-order valence-electron chi connectivity index (χ4n) is 2.27. The minimum Gasteiger partial charge on any atom is -0.366 e. The number of nitrogens with one attached hydrogen (secondary N) is 2. The monoisotopic (exact) mass is 329 g/mol. The van der Waals surface area contributed by atoms with Gasteiger partial charge in [-0.1, -0.05) is 17.7 Å². The highest BCUT2D eigenvalue weighted by Crippen LogP contribution is 2.32. The van der Waals surface area contributed by atoms with Gasteiger partial charge in [0.25, 0.3) is 5.91 Å². The summed E-state index contributed by atoms with van der Waals surface area (Å²) in [6.07, 6.45) is 1.80. The molecule has 1 fully saturated rings. The number of anilines is 3. The summed E-state index contributed by atoms with van der Waals surface area (Å²) in [5, 5.41) is 5.93. The summed E-state index contributed by atoms with van der Waals surface area (Å²) >= 11 is 0. The number of nitrogens with two attached hydrogens (primary N) is 2. The number of aromatic nitrogens is 1. The minimum atomic E-state index is -0.750. The van der Waals surface area contributed by atoms with Crippen LogP contribution in [0.3, 0.4) is 0 Å². The maximum absolute atomic E-state index is 14.2. The van der Waals surface area contributed by atoms with Crippen LogP contribution in [-0.2, 0) is 0 Å². The Morgan fingerprint density at radius 2 is 1.96 bits per heavy atom. The van der Waals surface area contributed by atoms with E-state index in [-0.39, 0.29) is 22.7 Å². The quantitative estimate of drug-likeness (QED) is 0.650. The predicted molar refractivity (Wildman–Crippen MR) is 91.8 cm³/mol. The molecule has 0 saturated heterocycles. The van der Waals surface area contributed by atoms with Gasteiger partial charge in [0.15, 0.2) is 11.6 Å². The Morgan fingerprint density at radius 3 is 2.54 bits per heavy atom. The van der Waals surface area contributed by atoms with Crippen molar-refractivity contribution in [1.29, 1.82) is 0 Å². The Labute approximate surface area is 139 Å². The number of amides is 1. The second-order valence-electron chi connectivity index (χ2n) is 6.29. The lowest BCUT2D eigenvalue weighted by Crippen LogP contribution is -2.31. The fraction of sp³-hybridized carbons (Fsp3) is 0.294. The lowest BCUT2D eigenvalue weighted by molar-refractivity contribution is 0.100. The summed E-state index contributed by atoms with van der Waals surface area (Å²) in [6.45, 7) is 2.40. The summed E-state index contributed by atoms with van der Waals surface area (Å²) in [7, 11) is 0. The van der Waals surface area contributed by atoms with Crippen molar-refractivity contribution in [3.8, 4) is 0 Å². The molecule has 0 spiro atoms. The number of pyridine rings is 1. The first-order valence-corrected chi connectivity index (χ1v) is 7.73. The zero-order valence-corrected chi connectivity index (χ0v) is 13.4. The molecule has 1 aliphatic carbocycles. The lowest BCUT2D eigenvalue weighted by Gasteiger charge is -2.15. The van der Waals surface area contributed by atoms with Crippen LogP contribution in [0.5, 0.6) is 0 Å². The molecule has 7 heteroatoms. The number of rotatable bonds is 6. The molecule has 6 N–H and O–H groups in total. The Bertz CT molecular complexity index is 771. The largest absolute Gasteiger partial charge is 0.366 e. The van der Waals surface area contributed by atoms with E-state index in [0.717, 1.165) is 30.2 Å². The number of carbonyl (C=O) groups excluding carboxylic acids is 1. The molecule has 24 heavy (non-hydrogen) atoms. The van der Waals surface area contributed by atoms with Crippen LogP contribution < -0.4 is 22.1 Å². The number of aryl methyl sites for hydroxylation is 1. The fourth-order valence-corrected chi connectivity index (χ4v) is 2.27. The maximum atomic E-state index is 14.2. The van der Waals surface area contributed by atoms with Gasteiger partial charge in [0.2, 0.25) is 0 Å².